The number of aliphatic hydroxyl groups excluding tert-OH is 1. The molecule has 82 valence electrons. The molecule has 0 spiro atoms. The zero-order valence-electron chi connectivity index (χ0n) is 8.39. The number of rotatable bonds is 6. The normalized spacial score (nSPS) is 18.7. The maximum absolute atomic E-state index is 11.4. The lowest BCUT2D eigenvalue weighted by Gasteiger charge is -2.41. The van der Waals surface area contributed by atoms with E-state index >= 15 is 0 Å². The first-order valence-corrected chi connectivity index (χ1v) is 6.32. The van der Waals surface area contributed by atoms with Crippen molar-refractivity contribution in [2.75, 3.05) is 11.9 Å². The van der Waals surface area contributed by atoms with Crippen molar-refractivity contribution >= 4 is 21.8 Å². The van der Waals surface area contributed by atoms with Crippen LogP contribution in [0.3, 0.4) is 0 Å². The molecule has 0 heterocycles. The summed E-state index contributed by atoms with van der Waals surface area (Å²) in [6.45, 7) is 0.0805. The van der Waals surface area contributed by atoms with Crippen LogP contribution in [-0.2, 0) is 4.79 Å². The fourth-order valence-corrected chi connectivity index (χ4v) is 2.06. The van der Waals surface area contributed by atoms with Crippen LogP contribution in [-0.4, -0.2) is 28.5 Å². The monoisotopic (exact) mass is 263 g/mol. The van der Waals surface area contributed by atoms with Gasteiger partial charge >= 0.3 is 0 Å². The maximum Gasteiger partial charge on any atom is 0.220 e. The third-order valence-corrected chi connectivity index (χ3v) is 3.37. The molecule has 1 saturated carbocycles. The Hall–Kier alpha value is -0.0900. The first-order chi connectivity index (χ1) is 6.72. The van der Waals surface area contributed by atoms with Crippen molar-refractivity contribution in [1.29, 1.82) is 0 Å². The summed E-state index contributed by atoms with van der Waals surface area (Å²) in [7, 11) is 0. The number of hydrogen-bond acceptors (Lipinski definition) is 2. The van der Waals surface area contributed by atoms with Crippen LogP contribution in [0, 0.1) is 0 Å². The second kappa shape index (κ2) is 5.71. The van der Waals surface area contributed by atoms with Gasteiger partial charge in [-0.2, -0.15) is 0 Å². The van der Waals surface area contributed by atoms with Gasteiger partial charge < -0.3 is 10.4 Å². The maximum atomic E-state index is 11.4. The minimum Gasteiger partial charge on any atom is -0.394 e. The van der Waals surface area contributed by atoms with Crippen LogP contribution >= 0.6 is 15.9 Å². The summed E-state index contributed by atoms with van der Waals surface area (Å²) in [5, 5.41) is 13.0. The molecule has 14 heavy (non-hydrogen) atoms. The molecule has 1 amide bonds. The van der Waals surface area contributed by atoms with E-state index in [1.807, 2.05) is 0 Å². The fourth-order valence-electron chi connectivity index (χ4n) is 1.66. The molecular weight excluding hydrogens is 246 g/mol. The number of carbonyl (C=O) groups excluding carboxylic acids is 1. The predicted molar refractivity (Wildman–Crippen MR) is 59.5 cm³/mol. The van der Waals surface area contributed by atoms with Gasteiger partial charge in [-0.05, 0) is 32.1 Å². The molecule has 1 fully saturated rings. The van der Waals surface area contributed by atoms with E-state index in [0.29, 0.717) is 6.42 Å². The smallest absolute Gasteiger partial charge is 0.220 e. The minimum absolute atomic E-state index is 0.0805. The molecule has 4 heteroatoms. The molecule has 0 saturated heterocycles. The van der Waals surface area contributed by atoms with Gasteiger partial charge in [0.15, 0.2) is 0 Å². The molecule has 1 rings (SSSR count). The number of alkyl halides is 1. The third kappa shape index (κ3) is 3.24. The molecule has 0 aromatic heterocycles. The molecule has 0 aromatic rings. The van der Waals surface area contributed by atoms with Crippen molar-refractivity contribution in [2.45, 2.75) is 44.1 Å². The Kier molecular flexibility index (Phi) is 4.89. The standard InChI is InChI=1S/C10H18BrNO2/c11-7-2-1-4-9(14)12-10(8-13)5-3-6-10/h13H,1-8H2,(H,12,14). The summed E-state index contributed by atoms with van der Waals surface area (Å²) in [6, 6.07) is 0. The summed E-state index contributed by atoms with van der Waals surface area (Å²) in [4.78, 5) is 11.4. The van der Waals surface area contributed by atoms with Gasteiger partial charge in [0.2, 0.25) is 5.91 Å². The molecule has 0 aromatic carbocycles. The summed E-state index contributed by atoms with van der Waals surface area (Å²) < 4.78 is 0. The molecule has 1 aliphatic rings. The molecule has 0 atom stereocenters. The van der Waals surface area contributed by atoms with E-state index in [1.54, 1.807) is 0 Å². The summed E-state index contributed by atoms with van der Waals surface area (Å²) in [5.41, 5.74) is -0.272. The SMILES string of the molecule is O=C(CCCCBr)NC1(CO)CCC1. The lowest BCUT2D eigenvalue weighted by Crippen LogP contribution is -2.56. The Morgan fingerprint density at radius 3 is 2.57 bits per heavy atom. The lowest BCUT2D eigenvalue weighted by atomic mass is 9.77. The molecule has 0 bridgehead atoms. The number of halogens is 1. The molecule has 0 radical (unpaired) electrons. The highest BCUT2D eigenvalue weighted by Gasteiger charge is 2.37. The summed E-state index contributed by atoms with van der Waals surface area (Å²) >= 11 is 3.33. The van der Waals surface area contributed by atoms with Gasteiger partial charge in [0.25, 0.3) is 0 Å². The quantitative estimate of drug-likeness (QED) is 0.565. The summed E-state index contributed by atoms with van der Waals surface area (Å²) in [6.07, 6.45) is 5.48. The van der Waals surface area contributed by atoms with Crippen LogP contribution in [0.25, 0.3) is 0 Å². The number of nitrogens with one attached hydrogen (secondary N) is 1. The zero-order chi connectivity index (χ0) is 10.4. The van der Waals surface area contributed by atoms with Crippen molar-refractivity contribution in [3.05, 3.63) is 0 Å². The molecule has 2 N–H and O–H groups in total. The first kappa shape index (κ1) is 12.0. The number of aliphatic hydroxyl groups is 1. The van der Waals surface area contributed by atoms with Crippen LogP contribution in [0.2, 0.25) is 0 Å². The van der Waals surface area contributed by atoms with E-state index in [2.05, 4.69) is 21.2 Å². The highest BCUT2D eigenvalue weighted by Crippen LogP contribution is 2.31. The Morgan fingerprint density at radius 2 is 2.14 bits per heavy atom. The van der Waals surface area contributed by atoms with Gasteiger partial charge in [-0.25, -0.2) is 0 Å². The van der Waals surface area contributed by atoms with E-state index in [1.165, 1.54) is 0 Å². The number of carbonyl (C=O) groups is 1. The Bertz CT molecular complexity index is 187. The molecule has 3 nitrogen and oxygen atoms in total. The van der Waals surface area contributed by atoms with Gasteiger partial charge in [0.05, 0.1) is 12.1 Å². The van der Waals surface area contributed by atoms with E-state index in [9.17, 15) is 4.79 Å². The highest BCUT2D eigenvalue weighted by molar-refractivity contribution is 9.09. The van der Waals surface area contributed by atoms with Crippen LogP contribution in [0.15, 0.2) is 0 Å². The van der Waals surface area contributed by atoms with E-state index < -0.39 is 0 Å². The van der Waals surface area contributed by atoms with Crippen LogP contribution in [0.5, 0.6) is 0 Å². The van der Waals surface area contributed by atoms with Crippen LogP contribution < -0.4 is 5.32 Å². The van der Waals surface area contributed by atoms with E-state index in [4.69, 9.17) is 5.11 Å². The fraction of sp³-hybridized carbons (Fsp3) is 0.900. The van der Waals surface area contributed by atoms with Gasteiger partial charge in [0.1, 0.15) is 0 Å². The Labute approximate surface area is 93.4 Å². The van der Waals surface area contributed by atoms with Crippen molar-refractivity contribution in [3.8, 4) is 0 Å². The molecule has 0 aliphatic heterocycles. The average Bonchev–Trinajstić information content (AvgIpc) is 2.12. The first-order valence-electron chi connectivity index (χ1n) is 5.20. The van der Waals surface area contributed by atoms with Crippen molar-refractivity contribution in [1.82, 2.24) is 5.32 Å². The largest absolute Gasteiger partial charge is 0.394 e. The Balaban J connectivity index is 2.18. The molecule has 0 unspecified atom stereocenters. The van der Waals surface area contributed by atoms with Gasteiger partial charge in [0, 0.05) is 11.8 Å². The predicted octanol–water partition coefficient (Wildman–Crippen LogP) is 1.58. The van der Waals surface area contributed by atoms with Gasteiger partial charge in [-0.1, -0.05) is 15.9 Å². The van der Waals surface area contributed by atoms with Crippen molar-refractivity contribution in [2.24, 2.45) is 0 Å². The Morgan fingerprint density at radius 1 is 1.43 bits per heavy atom. The van der Waals surface area contributed by atoms with Crippen molar-refractivity contribution in [3.63, 3.8) is 0 Å². The third-order valence-electron chi connectivity index (χ3n) is 2.81. The highest BCUT2D eigenvalue weighted by atomic mass is 79.9. The number of unbranched alkanes of at least 4 members (excludes halogenated alkanes) is 1. The second-order valence-electron chi connectivity index (χ2n) is 3.99. The topological polar surface area (TPSA) is 49.3 Å². The zero-order valence-corrected chi connectivity index (χ0v) is 9.98. The number of amides is 1. The average molecular weight is 264 g/mol. The second-order valence-corrected chi connectivity index (χ2v) is 4.78. The number of hydrogen-bond donors (Lipinski definition) is 2. The minimum atomic E-state index is -0.272. The van der Waals surface area contributed by atoms with Crippen LogP contribution in [0.4, 0.5) is 0 Å². The molecule has 1 aliphatic carbocycles. The van der Waals surface area contributed by atoms with E-state index in [-0.39, 0.29) is 18.1 Å². The van der Waals surface area contributed by atoms with Crippen LogP contribution in [0.1, 0.15) is 38.5 Å². The summed E-state index contributed by atoms with van der Waals surface area (Å²) in [5.74, 6) is 0.0831. The van der Waals surface area contributed by atoms with Gasteiger partial charge in [-0.3, -0.25) is 4.79 Å². The molecular formula is C10H18BrNO2. The van der Waals surface area contributed by atoms with E-state index in [0.717, 1.165) is 37.4 Å². The van der Waals surface area contributed by atoms with Crippen molar-refractivity contribution < 1.29 is 9.90 Å². The lowest BCUT2D eigenvalue weighted by molar-refractivity contribution is -0.125. The van der Waals surface area contributed by atoms with Gasteiger partial charge in [-0.15, -0.1) is 0 Å².